The molecule has 3 nitrogen and oxygen atoms in total. The monoisotopic (exact) mass is 266 g/mol. The summed E-state index contributed by atoms with van der Waals surface area (Å²) in [5.74, 6) is 0. The highest BCUT2D eigenvalue weighted by Gasteiger charge is 2.37. The molecular formula is C10H13F3N2OS. The number of thiazole rings is 1. The largest absolute Gasteiger partial charge is 0.443 e. The zero-order chi connectivity index (χ0) is 12.7. The minimum Gasteiger partial charge on any atom is -0.383 e. The number of halogens is 3. The molecular weight excluding hydrogens is 253 g/mol. The fraction of sp³-hybridized carbons (Fsp3) is 0.700. The zero-order valence-electron chi connectivity index (χ0n) is 9.21. The van der Waals surface area contributed by atoms with Gasteiger partial charge in [-0.1, -0.05) is 0 Å². The van der Waals surface area contributed by atoms with E-state index in [1.54, 1.807) is 0 Å². The van der Waals surface area contributed by atoms with E-state index >= 15 is 0 Å². The van der Waals surface area contributed by atoms with Gasteiger partial charge in [0.15, 0.2) is 5.01 Å². The van der Waals surface area contributed by atoms with Crippen LogP contribution in [0.3, 0.4) is 0 Å². The highest BCUT2D eigenvalue weighted by Crippen LogP contribution is 2.36. The Morgan fingerprint density at radius 2 is 2.18 bits per heavy atom. The van der Waals surface area contributed by atoms with E-state index < -0.39 is 16.8 Å². The summed E-state index contributed by atoms with van der Waals surface area (Å²) in [6, 6.07) is 0.400. The van der Waals surface area contributed by atoms with E-state index in [0.29, 0.717) is 17.4 Å². The third-order valence-corrected chi connectivity index (χ3v) is 3.89. The number of rotatable bonds is 4. The summed E-state index contributed by atoms with van der Waals surface area (Å²) in [7, 11) is 0. The highest BCUT2D eigenvalue weighted by atomic mass is 32.1. The molecule has 1 saturated carbocycles. The summed E-state index contributed by atoms with van der Waals surface area (Å²) in [6.45, 7) is 1.74. The summed E-state index contributed by atoms with van der Waals surface area (Å²) in [6.07, 6.45) is -1.22. The van der Waals surface area contributed by atoms with Gasteiger partial charge in [-0.2, -0.15) is 13.2 Å². The topological polar surface area (TPSA) is 45.1 Å². The van der Waals surface area contributed by atoms with Crippen molar-refractivity contribution in [2.75, 3.05) is 6.54 Å². The van der Waals surface area contributed by atoms with Gasteiger partial charge in [0.1, 0.15) is 5.60 Å². The van der Waals surface area contributed by atoms with Gasteiger partial charge in [0.25, 0.3) is 0 Å². The molecule has 0 spiro atoms. The van der Waals surface area contributed by atoms with Crippen LogP contribution < -0.4 is 5.32 Å². The maximum atomic E-state index is 12.4. The number of nitrogens with zero attached hydrogens (tertiary/aromatic N) is 1. The predicted octanol–water partition coefficient (Wildman–Crippen LogP) is 2.12. The van der Waals surface area contributed by atoms with Gasteiger partial charge in [-0.15, -0.1) is 11.3 Å². The van der Waals surface area contributed by atoms with Crippen LogP contribution in [-0.2, 0) is 11.8 Å². The second-order valence-corrected chi connectivity index (χ2v) is 5.49. The van der Waals surface area contributed by atoms with Crippen LogP contribution in [0.2, 0.25) is 0 Å². The van der Waals surface area contributed by atoms with Crippen LogP contribution in [0.25, 0.3) is 0 Å². The normalized spacial score (nSPS) is 20.3. The van der Waals surface area contributed by atoms with E-state index in [2.05, 4.69) is 10.3 Å². The lowest BCUT2D eigenvalue weighted by Crippen LogP contribution is -2.35. The van der Waals surface area contributed by atoms with E-state index in [0.717, 1.165) is 19.0 Å². The van der Waals surface area contributed by atoms with Crippen molar-refractivity contribution in [2.24, 2.45) is 0 Å². The van der Waals surface area contributed by atoms with Crippen LogP contribution in [0.4, 0.5) is 13.2 Å². The quantitative estimate of drug-likeness (QED) is 0.877. The standard InChI is InChI=1S/C10H13F3N2OS/c1-9(16,5-15-6-2-3-6)7-4-14-8(17-7)10(11,12)13/h4,6,15-16H,2-3,5H2,1H3. The van der Waals surface area contributed by atoms with Crippen LogP contribution in [-0.4, -0.2) is 22.7 Å². The first-order valence-electron chi connectivity index (χ1n) is 5.28. The fourth-order valence-corrected chi connectivity index (χ4v) is 2.20. The molecule has 17 heavy (non-hydrogen) atoms. The molecule has 0 saturated heterocycles. The maximum Gasteiger partial charge on any atom is 0.443 e. The van der Waals surface area contributed by atoms with Crippen molar-refractivity contribution in [3.05, 3.63) is 16.1 Å². The van der Waals surface area contributed by atoms with Crippen LogP contribution in [0.15, 0.2) is 6.20 Å². The molecule has 2 rings (SSSR count). The molecule has 7 heteroatoms. The first-order valence-corrected chi connectivity index (χ1v) is 6.10. The number of hydrogen-bond acceptors (Lipinski definition) is 4. The summed E-state index contributed by atoms with van der Waals surface area (Å²) in [5, 5.41) is 12.3. The van der Waals surface area contributed by atoms with Crippen LogP contribution in [0.5, 0.6) is 0 Å². The Bertz CT molecular complexity index is 399. The molecule has 0 bridgehead atoms. The van der Waals surface area contributed by atoms with Crippen molar-refractivity contribution in [3.8, 4) is 0 Å². The number of aromatic nitrogens is 1. The van der Waals surface area contributed by atoms with Gasteiger partial charge in [-0.3, -0.25) is 0 Å². The molecule has 1 aromatic rings. The average molecular weight is 266 g/mol. The fourth-order valence-electron chi connectivity index (χ4n) is 1.37. The van der Waals surface area contributed by atoms with Crippen molar-refractivity contribution in [1.29, 1.82) is 0 Å². The van der Waals surface area contributed by atoms with Crippen LogP contribution >= 0.6 is 11.3 Å². The summed E-state index contributed by atoms with van der Waals surface area (Å²) in [4.78, 5) is 3.54. The average Bonchev–Trinajstić information content (AvgIpc) is 2.87. The molecule has 0 radical (unpaired) electrons. The van der Waals surface area contributed by atoms with E-state index in [1.807, 2.05) is 0 Å². The Kier molecular flexibility index (Phi) is 3.17. The first-order chi connectivity index (χ1) is 7.79. The Hall–Kier alpha value is -0.660. The number of nitrogens with one attached hydrogen (secondary N) is 1. The van der Waals surface area contributed by atoms with Crippen LogP contribution in [0, 0.1) is 0 Å². The lowest BCUT2D eigenvalue weighted by molar-refractivity contribution is -0.137. The molecule has 96 valence electrons. The van der Waals surface area contributed by atoms with E-state index in [4.69, 9.17) is 0 Å². The lowest BCUT2D eigenvalue weighted by Gasteiger charge is -2.21. The SMILES string of the molecule is CC(O)(CNC1CC1)c1cnc(C(F)(F)F)s1. The van der Waals surface area contributed by atoms with Gasteiger partial charge in [0.05, 0.1) is 4.88 Å². The van der Waals surface area contributed by atoms with E-state index in [1.165, 1.54) is 6.92 Å². The molecule has 1 heterocycles. The van der Waals surface area contributed by atoms with Crippen molar-refractivity contribution in [3.63, 3.8) is 0 Å². The minimum absolute atomic E-state index is 0.234. The Balaban J connectivity index is 2.06. The molecule has 1 aliphatic carbocycles. The first kappa shape index (κ1) is 12.8. The molecule has 1 aromatic heterocycles. The molecule has 1 aliphatic rings. The molecule has 0 aliphatic heterocycles. The van der Waals surface area contributed by atoms with Crippen molar-refractivity contribution < 1.29 is 18.3 Å². The molecule has 1 unspecified atom stereocenters. The van der Waals surface area contributed by atoms with E-state index in [9.17, 15) is 18.3 Å². The Morgan fingerprint density at radius 3 is 2.65 bits per heavy atom. The van der Waals surface area contributed by atoms with Crippen molar-refractivity contribution in [1.82, 2.24) is 10.3 Å². The Labute approximate surface area is 101 Å². The number of alkyl halides is 3. The molecule has 1 atom stereocenters. The maximum absolute atomic E-state index is 12.4. The predicted molar refractivity (Wildman–Crippen MR) is 57.7 cm³/mol. The molecule has 1 fully saturated rings. The van der Waals surface area contributed by atoms with Crippen molar-refractivity contribution >= 4 is 11.3 Å². The second-order valence-electron chi connectivity index (χ2n) is 4.46. The van der Waals surface area contributed by atoms with Gasteiger partial charge in [-0.25, -0.2) is 4.98 Å². The molecule has 0 aromatic carbocycles. The number of aliphatic hydroxyl groups is 1. The van der Waals surface area contributed by atoms with Crippen LogP contribution in [0.1, 0.15) is 29.7 Å². The zero-order valence-corrected chi connectivity index (χ0v) is 10.0. The summed E-state index contributed by atoms with van der Waals surface area (Å²) < 4.78 is 37.1. The third kappa shape index (κ3) is 3.17. The van der Waals surface area contributed by atoms with Gasteiger partial charge >= 0.3 is 6.18 Å². The lowest BCUT2D eigenvalue weighted by atomic mass is 10.1. The van der Waals surface area contributed by atoms with Gasteiger partial charge in [0.2, 0.25) is 0 Å². The second kappa shape index (κ2) is 4.22. The summed E-state index contributed by atoms with van der Waals surface area (Å²) in [5.41, 5.74) is -1.30. The van der Waals surface area contributed by atoms with Gasteiger partial charge < -0.3 is 10.4 Å². The van der Waals surface area contributed by atoms with Gasteiger partial charge in [0, 0.05) is 18.8 Å². The number of hydrogen-bond donors (Lipinski definition) is 2. The highest BCUT2D eigenvalue weighted by molar-refractivity contribution is 7.11. The minimum atomic E-state index is -4.44. The van der Waals surface area contributed by atoms with E-state index in [-0.39, 0.29) is 11.4 Å². The van der Waals surface area contributed by atoms with Crippen molar-refractivity contribution in [2.45, 2.75) is 37.6 Å². The third-order valence-electron chi connectivity index (χ3n) is 2.59. The molecule has 2 N–H and O–H groups in total. The van der Waals surface area contributed by atoms with Gasteiger partial charge in [-0.05, 0) is 19.8 Å². The smallest absolute Gasteiger partial charge is 0.383 e. The Morgan fingerprint density at radius 1 is 1.53 bits per heavy atom. The summed E-state index contributed by atoms with van der Waals surface area (Å²) >= 11 is 0.493. The molecule has 0 amide bonds.